The lowest BCUT2D eigenvalue weighted by molar-refractivity contribution is 0.0579. The first kappa shape index (κ1) is 24.6. The molecule has 1 aliphatic carbocycles. The van der Waals surface area contributed by atoms with Gasteiger partial charge < -0.3 is 9.47 Å². The molecule has 0 N–H and O–H groups in total. The standard InChI is InChI=1S/C33H29N3O3/c1-38-32(37)30-31(39-29-22-21-24-13-11-12-14-25(24)23-29)34-35-36(30)33(26-15-5-2-6-16-26,27-17-7-3-8-18-27)28-19-9-4-10-20-28/h2-10,15-23H,11-14H2,1H3. The van der Waals surface area contributed by atoms with Gasteiger partial charge in [0.25, 0.3) is 5.88 Å². The predicted octanol–water partition coefficient (Wildman–Crippen LogP) is 6.58. The Morgan fingerprint density at radius 2 is 1.28 bits per heavy atom. The number of nitrogens with zero attached hydrogens (tertiary/aromatic N) is 3. The molecule has 0 atom stereocenters. The summed E-state index contributed by atoms with van der Waals surface area (Å²) in [6.45, 7) is 0. The number of benzene rings is 4. The lowest BCUT2D eigenvalue weighted by Crippen LogP contribution is -2.40. The summed E-state index contributed by atoms with van der Waals surface area (Å²) in [5.74, 6) is 0.141. The molecule has 1 aliphatic rings. The monoisotopic (exact) mass is 515 g/mol. The number of fused-ring (bicyclic) bond motifs is 1. The van der Waals surface area contributed by atoms with Crippen LogP contribution in [0.25, 0.3) is 0 Å². The summed E-state index contributed by atoms with van der Waals surface area (Å²) in [4.78, 5) is 13.5. The van der Waals surface area contributed by atoms with Gasteiger partial charge in [-0.2, -0.15) is 0 Å². The van der Waals surface area contributed by atoms with Crippen molar-refractivity contribution in [1.82, 2.24) is 15.0 Å². The lowest BCUT2D eigenvalue weighted by atomic mass is 9.77. The third-order valence-corrected chi connectivity index (χ3v) is 7.44. The number of carbonyl (C=O) groups excluding carboxylic acids is 1. The lowest BCUT2D eigenvalue weighted by Gasteiger charge is -2.36. The number of esters is 1. The molecule has 0 saturated heterocycles. The van der Waals surface area contributed by atoms with Crippen molar-refractivity contribution in [3.05, 3.63) is 143 Å². The number of rotatable bonds is 7. The van der Waals surface area contributed by atoms with Gasteiger partial charge in [0.15, 0.2) is 0 Å². The minimum atomic E-state index is -1.03. The average Bonchev–Trinajstić information content (AvgIpc) is 3.42. The van der Waals surface area contributed by atoms with E-state index in [1.165, 1.54) is 24.7 Å². The van der Waals surface area contributed by atoms with E-state index in [0.29, 0.717) is 5.75 Å². The van der Waals surface area contributed by atoms with E-state index in [2.05, 4.69) is 16.4 Å². The van der Waals surface area contributed by atoms with Crippen LogP contribution in [0, 0.1) is 0 Å². The Bertz CT molecular complexity index is 1480. The quantitative estimate of drug-likeness (QED) is 0.181. The zero-order valence-corrected chi connectivity index (χ0v) is 21.8. The van der Waals surface area contributed by atoms with Gasteiger partial charge in [-0.25, -0.2) is 9.48 Å². The average molecular weight is 516 g/mol. The van der Waals surface area contributed by atoms with E-state index >= 15 is 0 Å². The van der Waals surface area contributed by atoms with Crippen molar-refractivity contribution in [2.45, 2.75) is 31.2 Å². The van der Waals surface area contributed by atoms with Crippen LogP contribution in [-0.4, -0.2) is 28.1 Å². The van der Waals surface area contributed by atoms with Gasteiger partial charge >= 0.3 is 5.97 Å². The molecule has 1 aromatic heterocycles. The van der Waals surface area contributed by atoms with Crippen molar-refractivity contribution < 1.29 is 14.3 Å². The summed E-state index contributed by atoms with van der Waals surface area (Å²) in [5.41, 5.74) is 4.47. The molecular formula is C33H29N3O3. The number of carbonyl (C=O) groups is 1. The first-order valence-electron chi connectivity index (χ1n) is 13.2. The van der Waals surface area contributed by atoms with Crippen LogP contribution in [0.5, 0.6) is 11.6 Å². The molecule has 1 heterocycles. The first-order valence-corrected chi connectivity index (χ1v) is 13.2. The molecule has 194 valence electrons. The second-order valence-corrected chi connectivity index (χ2v) is 9.69. The van der Waals surface area contributed by atoms with Crippen molar-refractivity contribution in [2.24, 2.45) is 0 Å². The molecule has 4 aromatic carbocycles. The van der Waals surface area contributed by atoms with E-state index in [1.807, 2.05) is 103 Å². The molecule has 0 amide bonds. The number of hydrogen-bond acceptors (Lipinski definition) is 5. The smallest absolute Gasteiger partial charge is 0.362 e. The fourth-order valence-corrected chi connectivity index (χ4v) is 5.63. The number of ether oxygens (including phenoxy) is 2. The molecule has 6 heteroatoms. The Kier molecular flexibility index (Phi) is 6.68. The predicted molar refractivity (Wildman–Crippen MR) is 149 cm³/mol. The highest BCUT2D eigenvalue weighted by atomic mass is 16.5. The van der Waals surface area contributed by atoms with Gasteiger partial charge in [-0.05, 0) is 65.6 Å². The maximum absolute atomic E-state index is 13.5. The van der Waals surface area contributed by atoms with Gasteiger partial charge in [0.05, 0.1) is 7.11 Å². The number of aryl methyl sites for hydroxylation is 2. The Balaban J connectivity index is 1.59. The second-order valence-electron chi connectivity index (χ2n) is 9.69. The van der Waals surface area contributed by atoms with E-state index in [4.69, 9.17) is 9.47 Å². The molecule has 0 bridgehead atoms. The highest BCUT2D eigenvalue weighted by Gasteiger charge is 2.44. The van der Waals surface area contributed by atoms with Gasteiger partial charge in [-0.15, -0.1) is 0 Å². The Labute approximate surface area is 227 Å². The molecule has 0 aliphatic heterocycles. The van der Waals surface area contributed by atoms with Gasteiger partial charge in [0, 0.05) is 0 Å². The SMILES string of the molecule is COC(=O)c1c(Oc2ccc3c(c2)CCCC3)nnn1C(c1ccccc1)(c1ccccc1)c1ccccc1. The van der Waals surface area contributed by atoms with E-state index in [-0.39, 0.29) is 11.6 Å². The van der Waals surface area contributed by atoms with Gasteiger partial charge in [-0.1, -0.05) is 107 Å². The zero-order chi connectivity index (χ0) is 26.7. The van der Waals surface area contributed by atoms with Crippen molar-refractivity contribution in [1.29, 1.82) is 0 Å². The molecule has 0 radical (unpaired) electrons. The highest BCUT2D eigenvalue weighted by molar-refractivity contribution is 5.90. The first-order chi connectivity index (χ1) is 19.2. The third kappa shape index (κ3) is 4.38. The van der Waals surface area contributed by atoms with Crippen LogP contribution in [0.4, 0.5) is 0 Å². The zero-order valence-electron chi connectivity index (χ0n) is 21.8. The molecule has 0 fully saturated rings. The second kappa shape index (κ2) is 10.6. The largest absolute Gasteiger partial charge is 0.464 e. The summed E-state index contributed by atoms with van der Waals surface area (Å²) in [5, 5.41) is 9.04. The topological polar surface area (TPSA) is 66.2 Å². The van der Waals surface area contributed by atoms with E-state index < -0.39 is 11.5 Å². The molecule has 0 saturated carbocycles. The number of hydrogen-bond donors (Lipinski definition) is 0. The van der Waals surface area contributed by atoms with Crippen LogP contribution in [0.1, 0.15) is 51.1 Å². The maximum atomic E-state index is 13.5. The van der Waals surface area contributed by atoms with Crippen LogP contribution >= 0.6 is 0 Å². The van der Waals surface area contributed by atoms with Gasteiger partial charge in [0.1, 0.15) is 11.3 Å². The minimum Gasteiger partial charge on any atom is -0.464 e. The highest BCUT2D eigenvalue weighted by Crippen LogP contribution is 2.42. The molecule has 6 nitrogen and oxygen atoms in total. The molecule has 0 spiro atoms. The van der Waals surface area contributed by atoms with Crippen LogP contribution in [0.3, 0.4) is 0 Å². The van der Waals surface area contributed by atoms with Crippen molar-refractivity contribution in [3.8, 4) is 11.6 Å². The molecule has 39 heavy (non-hydrogen) atoms. The van der Waals surface area contributed by atoms with Gasteiger partial charge in [0.2, 0.25) is 5.69 Å². The fourth-order valence-electron chi connectivity index (χ4n) is 5.63. The summed E-state index contributed by atoms with van der Waals surface area (Å²) >= 11 is 0. The maximum Gasteiger partial charge on any atom is 0.362 e. The van der Waals surface area contributed by atoms with Crippen molar-refractivity contribution in [3.63, 3.8) is 0 Å². The molecular weight excluding hydrogens is 486 g/mol. The van der Waals surface area contributed by atoms with Crippen LogP contribution in [0.2, 0.25) is 0 Å². The Morgan fingerprint density at radius 3 is 1.82 bits per heavy atom. The Hall–Kier alpha value is -4.71. The van der Waals surface area contributed by atoms with Crippen LogP contribution in [0.15, 0.2) is 109 Å². The fraction of sp³-hybridized carbons (Fsp3) is 0.182. The molecule has 0 unspecified atom stereocenters. The summed E-state index contributed by atoms with van der Waals surface area (Å²) in [6, 6.07) is 36.1. The van der Waals surface area contributed by atoms with Crippen molar-refractivity contribution >= 4 is 5.97 Å². The van der Waals surface area contributed by atoms with E-state index in [9.17, 15) is 4.79 Å². The van der Waals surface area contributed by atoms with Crippen LogP contribution in [-0.2, 0) is 23.1 Å². The molecule has 6 rings (SSSR count). The summed E-state index contributed by atoms with van der Waals surface area (Å²) in [7, 11) is 1.36. The van der Waals surface area contributed by atoms with E-state index in [1.54, 1.807) is 4.68 Å². The summed E-state index contributed by atoms with van der Waals surface area (Å²) in [6.07, 6.45) is 4.46. The normalized spacial score (nSPS) is 12.9. The van der Waals surface area contributed by atoms with Crippen LogP contribution < -0.4 is 4.74 Å². The number of methoxy groups -OCH3 is 1. The summed E-state index contributed by atoms with van der Waals surface area (Å²) < 4.78 is 13.2. The number of aromatic nitrogens is 3. The van der Waals surface area contributed by atoms with E-state index in [0.717, 1.165) is 36.0 Å². The molecule has 5 aromatic rings. The van der Waals surface area contributed by atoms with Gasteiger partial charge in [-0.3, -0.25) is 0 Å². The van der Waals surface area contributed by atoms with Crippen molar-refractivity contribution in [2.75, 3.05) is 7.11 Å². The third-order valence-electron chi connectivity index (χ3n) is 7.44. The Morgan fingerprint density at radius 1 is 0.744 bits per heavy atom. The minimum absolute atomic E-state index is 0.102.